The molecule has 118 valence electrons. The van der Waals surface area contributed by atoms with E-state index in [9.17, 15) is 15.2 Å². The molecule has 3 rings (SSSR count). The van der Waals surface area contributed by atoms with Crippen LogP contribution in [0.4, 0.5) is 5.69 Å². The van der Waals surface area contributed by atoms with E-state index < -0.39 is 10.6 Å². The first-order valence-electron chi connectivity index (χ1n) is 6.96. The molecule has 7 heteroatoms. The molecule has 1 aliphatic rings. The second-order valence-electron chi connectivity index (χ2n) is 5.25. The molecule has 0 bridgehead atoms. The topological polar surface area (TPSA) is 66.6 Å². The van der Waals surface area contributed by atoms with Crippen LogP contribution < -0.4 is 0 Å². The van der Waals surface area contributed by atoms with Crippen molar-refractivity contribution in [2.75, 3.05) is 5.75 Å². The van der Waals surface area contributed by atoms with Crippen LogP contribution in [0.2, 0.25) is 0 Å². The maximum Gasteiger partial charge on any atom is 0.269 e. The minimum Gasteiger partial charge on any atom is -0.366 e. The van der Waals surface area contributed by atoms with Gasteiger partial charge in [0.1, 0.15) is 4.32 Å². The second kappa shape index (κ2) is 6.27. The van der Waals surface area contributed by atoms with Gasteiger partial charge in [-0.25, -0.2) is 0 Å². The van der Waals surface area contributed by atoms with E-state index in [0.717, 1.165) is 11.1 Å². The van der Waals surface area contributed by atoms with Crippen molar-refractivity contribution < 1.29 is 10.0 Å². The summed E-state index contributed by atoms with van der Waals surface area (Å²) in [5.41, 5.74) is 0.527. The Labute approximate surface area is 143 Å². The Balaban J connectivity index is 1.87. The number of benzene rings is 2. The van der Waals surface area contributed by atoms with Gasteiger partial charge >= 0.3 is 0 Å². The van der Waals surface area contributed by atoms with Gasteiger partial charge in [0.2, 0.25) is 0 Å². The third-order valence-electron chi connectivity index (χ3n) is 3.79. The summed E-state index contributed by atoms with van der Waals surface area (Å²) in [4.78, 5) is 12.1. The van der Waals surface area contributed by atoms with E-state index in [4.69, 9.17) is 12.2 Å². The molecule has 0 spiro atoms. The highest BCUT2D eigenvalue weighted by Gasteiger charge is 2.43. The SMILES string of the molecule is O=[N+]([O-])c1ccc(CN2C(=S)SCC2(O)c2ccccc2)cc1. The van der Waals surface area contributed by atoms with E-state index in [1.165, 1.54) is 23.9 Å². The molecule has 1 fully saturated rings. The molecule has 1 atom stereocenters. The van der Waals surface area contributed by atoms with Crippen molar-refractivity contribution >= 4 is 34.0 Å². The molecular formula is C16H14N2O3S2. The standard InChI is InChI=1S/C16H14N2O3S2/c19-16(13-4-2-1-3-5-13)11-23-15(22)17(16)10-12-6-8-14(9-7-12)18(20)21/h1-9,19H,10-11H2. The minimum absolute atomic E-state index is 0.0467. The molecule has 2 aromatic carbocycles. The Morgan fingerprint density at radius 1 is 1.22 bits per heavy atom. The number of nitrogens with zero attached hydrogens (tertiary/aromatic N) is 2. The number of hydrogen-bond acceptors (Lipinski definition) is 5. The molecule has 2 aromatic rings. The first kappa shape index (κ1) is 15.9. The highest BCUT2D eigenvalue weighted by Crippen LogP contribution is 2.40. The van der Waals surface area contributed by atoms with E-state index in [2.05, 4.69) is 0 Å². The lowest BCUT2D eigenvalue weighted by atomic mass is 10.0. The van der Waals surface area contributed by atoms with Crippen LogP contribution in [-0.4, -0.2) is 25.0 Å². The zero-order valence-corrected chi connectivity index (χ0v) is 13.7. The predicted molar refractivity (Wildman–Crippen MR) is 94.0 cm³/mol. The summed E-state index contributed by atoms with van der Waals surface area (Å²) in [5.74, 6) is 0.461. The molecule has 1 unspecified atom stereocenters. The van der Waals surface area contributed by atoms with Gasteiger partial charge in [-0.1, -0.05) is 66.4 Å². The number of thioether (sulfide) groups is 1. The lowest BCUT2D eigenvalue weighted by Crippen LogP contribution is -2.43. The first-order chi connectivity index (χ1) is 11.0. The van der Waals surface area contributed by atoms with Gasteiger partial charge in [0, 0.05) is 24.2 Å². The van der Waals surface area contributed by atoms with Crippen molar-refractivity contribution in [2.45, 2.75) is 12.3 Å². The van der Waals surface area contributed by atoms with Crippen LogP contribution in [0.1, 0.15) is 11.1 Å². The van der Waals surface area contributed by atoms with Crippen LogP contribution in [0.5, 0.6) is 0 Å². The van der Waals surface area contributed by atoms with E-state index >= 15 is 0 Å². The molecule has 1 aliphatic heterocycles. The average molecular weight is 346 g/mol. The Morgan fingerprint density at radius 3 is 2.48 bits per heavy atom. The van der Waals surface area contributed by atoms with Gasteiger partial charge in [-0.3, -0.25) is 10.1 Å². The summed E-state index contributed by atoms with van der Waals surface area (Å²) in [6.07, 6.45) is 0. The number of rotatable bonds is 4. The molecule has 5 nitrogen and oxygen atoms in total. The molecule has 0 saturated carbocycles. The summed E-state index contributed by atoms with van der Waals surface area (Å²) >= 11 is 6.81. The predicted octanol–water partition coefficient (Wildman–Crippen LogP) is 3.27. The number of aliphatic hydroxyl groups is 1. The molecule has 1 saturated heterocycles. The van der Waals surface area contributed by atoms with Crippen LogP contribution in [0.15, 0.2) is 54.6 Å². The van der Waals surface area contributed by atoms with Crippen LogP contribution in [0.25, 0.3) is 0 Å². The monoisotopic (exact) mass is 346 g/mol. The van der Waals surface area contributed by atoms with Gasteiger partial charge in [-0.2, -0.15) is 0 Å². The van der Waals surface area contributed by atoms with E-state index in [1.807, 2.05) is 30.3 Å². The van der Waals surface area contributed by atoms with Crippen LogP contribution in [-0.2, 0) is 12.3 Å². The van der Waals surface area contributed by atoms with Crippen LogP contribution >= 0.6 is 24.0 Å². The Bertz CT molecular complexity index is 737. The molecule has 0 aromatic heterocycles. The summed E-state index contributed by atoms with van der Waals surface area (Å²) in [6, 6.07) is 15.7. The fourth-order valence-electron chi connectivity index (χ4n) is 2.51. The number of nitro groups is 1. The van der Waals surface area contributed by atoms with Gasteiger partial charge < -0.3 is 10.0 Å². The smallest absolute Gasteiger partial charge is 0.269 e. The lowest BCUT2D eigenvalue weighted by molar-refractivity contribution is -0.384. The van der Waals surface area contributed by atoms with Crippen molar-refractivity contribution in [3.63, 3.8) is 0 Å². The summed E-state index contributed by atoms with van der Waals surface area (Å²) < 4.78 is 0.620. The van der Waals surface area contributed by atoms with E-state index in [0.29, 0.717) is 16.6 Å². The summed E-state index contributed by atoms with van der Waals surface area (Å²) in [5, 5.41) is 21.8. The van der Waals surface area contributed by atoms with Crippen molar-refractivity contribution in [1.82, 2.24) is 4.90 Å². The van der Waals surface area contributed by atoms with Gasteiger partial charge in [-0.05, 0) is 5.56 Å². The summed E-state index contributed by atoms with van der Waals surface area (Å²) in [6.45, 7) is 0.398. The number of non-ortho nitro benzene ring substituents is 1. The first-order valence-corrected chi connectivity index (χ1v) is 8.36. The Morgan fingerprint density at radius 2 is 1.87 bits per heavy atom. The second-order valence-corrected chi connectivity index (χ2v) is 6.86. The minimum atomic E-state index is -1.16. The Kier molecular flexibility index (Phi) is 4.34. The van der Waals surface area contributed by atoms with Gasteiger partial charge in [0.15, 0.2) is 5.72 Å². The normalized spacial score (nSPS) is 20.7. The van der Waals surface area contributed by atoms with Crippen LogP contribution in [0, 0.1) is 10.1 Å². The molecule has 0 amide bonds. The fourth-order valence-corrected chi connectivity index (χ4v) is 3.93. The van der Waals surface area contributed by atoms with Gasteiger partial charge in [-0.15, -0.1) is 0 Å². The average Bonchev–Trinajstić information content (AvgIpc) is 2.86. The van der Waals surface area contributed by atoms with Crippen molar-refractivity contribution in [3.05, 3.63) is 75.8 Å². The zero-order valence-electron chi connectivity index (χ0n) is 12.1. The Hall–Kier alpha value is -1.96. The molecule has 1 N–H and O–H groups in total. The fraction of sp³-hybridized carbons (Fsp3) is 0.188. The van der Waals surface area contributed by atoms with Crippen molar-refractivity contribution in [2.24, 2.45) is 0 Å². The lowest BCUT2D eigenvalue weighted by Gasteiger charge is -2.34. The number of thiocarbonyl (C=S) groups is 1. The number of nitro benzene ring substituents is 1. The highest BCUT2D eigenvalue weighted by atomic mass is 32.2. The summed E-state index contributed by atoms with van der Waals surface area (Å²) in [7, 11) is 0. The largest absolute Gasteiger partial charge is 0.366 e. The molecule has 23 heavy (non-hydrogen) atoms. The maximum absolute atomic E-state index is 11.1. The molecular weight excluding hydrogens is 332 g/mol. The third kappa shape index (κ3) is 3.08. The zero-order chi connectivity index (χ0) is 16.4. The molecule has 1 heterocycles. The van der Waals surface area contributed by atoms with Crippen molar-refractivity contribution in [3.8, 4) is 0 Å². The molecule has 0 radical (unpaired) electrons. The van der Waals surface area contributed by atoms with Crippen molar-refractivity contribution in [1.29, 1.82) is 0 Å². The highest BCUT2D eigenvalue weighted by molar-refractivity contribution is 8.23. The maximum atomic E-state index is 11.1. The quantitative estimate of drug-likeness (QED) is 0.521. The van der Waals surface area contributed by atoms with Gasteiger partial charge in [0.25, 0.3) is 5.69 Å². The van der Waals surface area contributed by atoms with E-state index in [1.54, 1.807) is 17.0 Å². The number of hydrogen-bond donors (Lipinski definition) is 1. The van der Waals surface area contributed by atoms with E-state index in [-0.39, 0.29) is 5.69 Å². The van der Waals surface area contributed by atoms with Gasteiger partial charge in [0.05, 0.1) is 10.7 Å². The molecule has 0 aliphatic carbocycles. The van der Waals surface area contributed by atoms with Crippen LogP contribution in [0.3, 0.4) is 0 Å². The third-order valence-corrected chi connectivity index (χ3v) is 5.38.